The smallest absolute Gasteiger partial charge is 0.228 e. The van der Waals surface area contributed by atoms with Crippen molar-refractivity contribution in [2.45, 2.75) is 16.4 Å². The van der Waals surface area contributed by atoms with Crippen LogP contribution in [0.5, 0.6) is 11.5 Å². The minimum Gasteiger partial charge on any atom is -0.493 e. The first-order chi connectivity index (χ1) is 13.7. The second-order valence-electron chi connectivity index (χ2n) is 5.87. The number of carbonyl (C=O) groups is 1. The van der Waals surface area contributed by atoms with Crippen LogP contribution in [-0.4, -0.2) is 35.2 Å². The Balaban J connectivity index is 2.02. The molecule has 29 heavy (non-hydrogen) atoms. The summed E-state index contributed by atoms with van der Waals surface area (Å²) in [7, 11) is 3.07. The van der Waals surface area contributed by atoms with Gasteiger partial charge >= 0.3 is 0 Å². The maximum absolute atomic E-state index is 12.3. The van der Waals surface area contributed by atoms with E-state index in [1.165, 1.54) is 7.11 Å². The van der Waals surface area contributed by atoms with Gasteiger partial charge in [-0.1, -0.05) is 65.1 Å². The number of ether oxygens (including phenoxy) is 2. The fraction of sp³-hybridized carbons (Fsp3) is 0.263. The van der Waals surface area contributed by atoms with Gasteiger partial charge in [-0.2, -0.15) is 0 Å². The zero-order valence-electron chi connectivity index (χ0n) is 15.7. The van der Waals surface area contributed by atoms with Crippen LogP contribution in [-0.2, 0) is 11.2 Å². The first kappa shape index (κ1) is 23.3. The van der Waals surface area contributed by atoms with Gasteiger partial charge < -0.3 is 25.4 Å². The van der Waals surface area contributed by atoms with Gasteiger partial charge in [-0.25, -0.2) is 0 Å². The van der Waals surface area contributed by atoms with Crippen LogP contribution < -0.4 is 25.4 Å². The topological polar surface area (TPSA) is 71.6 Å². The molecule has 0 radical (unpaired) electrons. The Bertz CT molecular complexity index is 848. The van der Waals surface area contributed by atoms with Gasteiger partial charge in [0.05, 0.1) is 20.6 Å². The predicted octanol–water partition coefficient (Wildman–Crippen LogP) is 4.05. The molecule has 2 aromatic carbocycles. The molecule has 0 bridgehead atoms. The lowest BCUT2D eigenvalue weighted by Gasteiger charge is -2.28. The van der Waals surface area contributed by atoms with Crippen molar-refractivity contribution in [2.75, 3.05) is 19.5 Å². The molecule has 0 spiro atoms. The summed E-state index contributed by atoms with van der Waals surface area (Å²) in [6.45, 7) is 0. The lowest BCUT2D eigenvalue weighted by Crippen LogP contribution is -2.56. The quantitative estimate of drug-likeness (QED) is 0.318. The van der Waals surface area contributed by atoms with Crippen molar-refractivity contribution in [2.24, 2.45) is 0 Å². The minimum atomic E-state index is -1.84. The standard InChI is InChI=1S/C19H20Cl3N3O3S/c1-27-14-9-8-13(11-15(14)28-2)23-18(29)25-17(19(20,21)22)24-16(26)10-12-6-4-3-5-7-12/h3-9,11,17H,10H2,1-2H3,(H,24,26)(H2,23,25,29)/t17-/m1/s1. The molecule has 0 saturated carbocycles. The highest BCUT2D eigenvalue weighted by atomic mass is 35.6. The van der Waals surface area contributed by atoms with Gasteiger partial charge in [-0.15, -0.1) is 0 Å². The number of rotatable bonds is 7. The van der Waals surface area contributed by atoms with Crippen molar-refractivity contribution < 1.29 is 14.3 Å². The third-order valence-corrected chi connectivity index (χ3v) is 4.63. The molecule has 6 nitrogen and oxygen atoms in total. The lowest BCUT2D eigenvalue weighted by atomic mass is 10.1. The van der Waals surface area contributed by atoms with Crippen molar-refractivity contribution in [3.63, 3.8) is 0 Å². The summed E-state index contributed by atoms with van der Waals surface area (Å²) in [6, 6.07) is 14.4. The van der Waals surface area contributed by atoms with Crippen molar-refractivity contribution in [3.8, 4) is 11.5 Å². The van der Waals surface area contributed by atoms with Crippen molar-refractivity contribution in [3.05, 3.63) is 54.1 Å². The maximum Gasteiger partial charge on any atom is 0.228 e. The number of benzene rings is 2. The number of amides is 1. The second-order valence-corrected chi connectivity index (χ2v) is 8.65. The Morgan fingerprint density at radius 3 is 2.28 bits per heavy atom. The molecule has 0 aliphatic heterocycles. The zero-order chi connectivity index (χ0) is 21.4. The van der Waals surface area contributed by atoms with Gasteiger partial charge in [0.2, 0.25) is 9.70 Å². The first-order valence-corrected chi connectivity index (χ1v) is 9.96. The highest BCUT2D eigenvalue weighted by molar-refractivity contribution is 7.80. The highest BCUT2D eigenvalue weighted by Crippen LogP contribution is 2.31. The minimum absolute atomic E-state index is 0.135. The Labute approximate surface area is 189 Å². The molecule has 10 heteroatoms. The average molecular weight is 477 g/mol. The molecular weight excluding hydrogens is 457 g/mol. The van der Waals surface area contributed by atoms with Crippen LogP contribution in [0.1, 0.15) is 5.56 Å². The molecule has 2 aromatic rings. The van der Waals surface area contributed by atoms with Crippen LogP contribution in [0, 0.1) is 0 Å². The van der Waals surface area contributed by atoms with Gasteiger partial charge in [-0.05, 0) is 29.9 Å². The van der Waals surface area contributed by atoms with Crippen LogP contribution in [0.3, 0.4) is 0 Å². The van der Waals surface area contributed by atoms with E-state index in [2.05, 4.69) is 16.0 Å². The Morgan fingerprint density at radius 1 is 1.03 bits per heavy atom. The third-order valence-electron chi connectivity index (χ3n) is 3.76. The molecule has 156 valence electrons. The molecule has 0 aromatic heterocycles. The van der Waals surface area contributed by atoms with E-state index in [1.807, 2.05) is 30.3 Å². The van der Waals surface area contributed by atoms with Gasteiger partial charge in [0, 0.05) is 11.8 Å². The molecule has 1 amide bonds. The van der Waals surface area contributed by atoms with Crippen LogP contribution >= 0.6 is 47.0 Å². The number of methoxy groups -OCH3 is 2. The van der Waals surface area contributed by atoms with E-state index in [1.54, 1.807) is 25.3 Å². The normalized spacial score (nSPS) is 11.9. The number of alkyl halides is 3. The summed E-state index contributed by atoms with van der Waals surface area (Å²) in [4.78, 5) is 12.3. The number of hydrogen-bond acceptors (Lipinski definition) is 4. The zero-order valence-corrected chi connectivity index (χ0v) is 18.8. The summed E-state index contributed by atoms with van der Waals surface area (Å²) < 4.78 is 8.61. The molecule has 0 aliphatic carbocycles. The van der Waals surface area contributed by atoms with Gasteiger partial charge in [0.1, 0.15) is 6.17 Å². The summed E-state index contributed by atoms with van der Waals surface area (Å²) >= 11 is 23.3. The van der Waals surface area contributed by atoms with E-state index in [0.717, 1.165) is 5.56 Å². The van der Waals surface area contributed by atoms with Crippen LogP contribution in [0.4, 0.5) is 5.69 Å². The van der Waals surface area contributed by atoms with Gasteiger partial charge in [0.25, 0.3) is 0 Å². The summed E-state index contributed by atoms with van der Waals surface area (Å²) in [6.07, 6.45) is -0.917. The number of hydrogen-bond donors (Lipinski definition) is 3. The number of halogens is 3. The molecule has 0 saturated heterocycles. The van der Waals surface area contributed by atoms with Crippen LogP contribution in [0.2, 0.25) is 0 Å². The molecule has 0 unspecified atom stereocenters. The molecule has 0 heterocycles. The third kappa shape index (κ3) is 7.44. The summed E-state index contributed by atoms with van der Waals surface area (Å²) in [5, 5.41) is 8.55. The average Bonchev–Trinajstić information content (AvgIpc) is 2.67. The number of thiocarbonyl (C=S) groups is 1. The number of anilines is 1. The lowest BCUT2D eigenvalue weighted by molar-refractivity contribution is -0.121. The fourth-order valence-corrected chi connectivity index (χ4v) is 2.97. The van der Waals surface area contributed by atoms with E-state index in [0.29, 0.717) is 17.2 Å². The molecule has 0 fully saturated rings. The second kappa shape index (κ2) is 10.7. The Hall–Kier alpha value is -1.93. The van der Waals surface area contributed by atoms with Crippen molar-refractivity contribution in [1.82, 2.24) is 10.6 Å². The Morgan fingerprint density at radius 2 is 1.69 bits per heavy atom. The monoisotopic (exact) mass is 475 g/mol. The van der Waals surface area contributed by atoms with E-state index >= 15 is 0 Å². The van der Waals surface area contributed by atoms with E-state index in [9.17, 15) is 4.79 Å². The van der Waals surface area contributed by atoms with E-state index in [-0.39, 0.29) is 17.4 Å². The van der Waals surface area contributed by atoms with Gasteiger partial charge in [-0.3, -0.25) is 4.79 Å². The molecule has 1 atom stereocenters. The number of carbonyl (C=O) groups excluding carboxylic acids is 1. The Kier molecular flexibility index (Phi) is 8.64. The fourth-order valence-electron chi connectivity index (χ4n) is 2.41. The number of nitrogens with one attached hydrogen (secondary N) is 3. The van der Waals surface area contributed by atoms with Gasteiger partial charge in [0.15, 0.2) is 16.6 Å². The van der Waals surface area contributed by atoms with Crippen molar-refractivity contribution >= 4 is 63.7 Å². The highest BCUT2D eigenvalue weighted by Gasteiger charge is 2.34. The molecular formula is C19H20Cl3N3O3S. The van der Waals surface area contributed by atoms with E-state index < -0.39 is 9.96 Å². The summed E-state index contributed by atoms with van der Waals surface area (Å²) in [5.41, 5.74) is 1.46. The van der Waals surface area contributed by atoms with Crippen LogP contribution in [0.15, 0.2) is 48.5 Å². The SMILES string of the molecule is COc1ccc(NC(=S)N[C@@H](NC(=O)Cc2ccccc2)C(Cl)(Cl)Cl)cc1OC. The molecule has 0 aliphatic rings. The first-order valence-electron chi connectivity index (χ1n) is 8.42. The molecule has 2 rings (SSSR count). The molecule has 3 N–H and O–H groups in total. The predicted molar refractivity (Wildman–Crippen MR) is 121 cm³/mol. The van der Waals surface area contributed by atoms with E-state index in [4.69, 9.17) is 56.5 Å². The van der Waals surface area contributed by atoms with Crippen LogP contribution in [0.25, 0.3) is 0 Å². The van der Waals surface area contributed by atoms with Crippen molar-refractivity contribution in [1.29, 1.82) is 0 Å². The maximum atomic E-state index is 12.3. The summed E-state index contributed by atoms with van der Waals surface area (Å²) in [5.74, 6) is 0.771. The largest absolute Gasteiger partial charge is 0.493 e.